The number of hydrogen-bond acceptors (Lipinski definition) is 3. The summed E-state index contributed by atoms with van der Waals surface area (Å²) in [6.07, 6.45) is 1.65. The topological polar surface area (TPSA) is 37.4 Å². The normalized spacial score (nSPS) is 11.1. The Kier molecular flexibility index (Phi) is 4.89. The second-order valence-electron chi connectivity index (χ2n) is 5.30. The minimum absolute atomic E-state index is 0.198. The van der Waals surface area contributed by atoms with Crippen LogP contribution in [0.5, 0.6) is 0 Å². The maximum atomic E-state index is 12.5. The highest BCUT2D eigenvalue weighted by atomic mass is 16.1. The zero-order chi connectivity index (χ0) is 16.1. The third kappa shape index (κ3) is 3.70. The van der Waals surface area contributed by atoms with Gasteiger partial charge in [0.1, 0.15) is 0 Å². The maximum absolute atomic E-state index is 12.5. The summed E-state index contributed by atoms with van der Waals surface area (Å²) >= 11 is 0. The van der Waals surface area contributed by atoms with Gasteiger partial charge in [-0.15, -0.1) is 0 Å². The second-order valence-corrected chi connectivity index (χ2v) is 5.30. The lowest BCUT2D eigenvalue weighted by molar-refractivity contribution is -0.113. The Bertz CT molecular complexity index is 698. The van der Waals surface area contributed by atoms with Crippen molar-refractivity contribution in [2.24, 2.45) is 0 Å². The van der Waals surface area contributed by atoms with Crippen LogP contribution in [0.4, 0.5) is 5.69 Å². The van der Waals surface area contributed by atoms with Gasteiger partial charge in [0.25, 0.3) is 0 Å². The number of allylic oxidation sites excluding steroid dienone is 1. The summed E-state index contributed by atoms with van der Waals surface area (Å²) < 4.78 is 0. The fourth-order valence-electron chi connectivity index (χ4n) is 2.11. The molecule has 0 aromatic heterocycles. The van der Waals surface area contributed by atoms with Crippen LogP contribution in [0.1, 0.15) is 22.8 Å². The summed E-state index contributed by atoms with van der Waals surface area (Å²) in [5.41, 5.74) is 2.62. The number of anilines is 1. The number of benzene rings is 2. The third-order valence-corrected chi connectivity index (χ3v) is 3.38. The van der Waals surface area contributed by atoms with Crippen molar-refractivity contribution in [3.8, 4) is 0 Å². The van der Waals surface area contributed by atoms with Gasteiger partial charge < -0.3 is 4.90 Å². The van der Waals surface area contributed by atoms with Crippen molar-refractivity contribution in [3.63, 3.8) is 0 Å². The van der Waals surface area contributed by atoms with Crippen LogP contribution in [-0.4, -0.2) is 25.7 Å². The Balaban J connectivity index is 2.35. The number of hydrogen-bond donors (Lipinski definition) is 0. The second kappa shape index (κ2) is 6.85. The van der Waals surface area contributed by atoms with Crippen molar-refractivity contribution in [3.05, 3.63) is 71.3 Å². The predicted molar refractivity (Wildman–Crippen MR) is 90.2 cm³/mol. The van der Waals surface area contributed by atoms with E-state index in [-0.39, 0.29) is 17.1 Å². The summed E-state index contributed by atoms with van der Waals surface area (Å²) in [6.45, 7) is 1.42. The van der Waals surface area contributed by atoms with Gasteiger partial charge in [-0.2, -0.15) is 0 Å². The molecule has 2 aromatic rings. The van der Waals surface area contributed by atoms with E-state index < -0.39 is 0 Å². The maximum Gasteiger partial charge on any atom is 0.196 e. The molecule has 2 rings (SSSR count). The molecule has 0 N–H and O–H groups in total. The highest BCUT2D eigenvalue weighted by Crippen LogP contribution is 2.17. The Morgan fingerprint density at radius 3 is 2.00 bits per heavy atom. The molecule has 3 heteroatoms. The van der Waals surface area contributed by atoms with Crippen LogP contribution in [0.2, 0.25) is 0 Å². The van der Waals surface area contributed by atoms with E-state index in [2.05, 4.69) is 0 Å². The molecule has 0 spiro atoms. The van der Waals surface area contributed by atoms with Crippen LogP contribution >= 0.6 is 0 Å². The summed E-state index contributed by atoms with van der Waals surface area (Å²) in [7, 11) is 3.93. The lowest BCUT2D eigenvalue weighted by Crippen LogP contribution is -2.10. The van der Waals surface area contributed by atoms with Crippen LogP contribution in [0, 0.1) is 0 Å². The standard InChI is InChI=1S/C19H19NO2/c1-14(21)18(19(22)16-7-5-4-6-8-16)13-15-9-11-17(12-10-15)20(2)3/h4-13H,1-3H3/b18-13-. The Labute approximate surface area is 130 Å². The van der Waals surface area contributed by atoms with E-state index in [4.69, 9.17) is 0 Å². The quantitative estimate of drug-likeness (QED) is 0.366. The highest BCUT2D eigenvalue weighted by Gasteiger charge is 2.16. The molecule has 0 radical (unpaired) electrons. The SMILES string of the molecule is CC(=O)/C(=C/c1ccc(N(C)C)cc1)C(=O)c1ccccc1. The Morgan fingerprint density at radius 1 is 0.909 bits per heavy atom. The largest absolute Gasteiger partial charge is 0.378 e. The van der Waals surface area contributed by atoms with Crippen molar-refractivity contribution in [1.29, 1.82) is 0 Å². The molecule has 0 aliphatic heterocycles. The van der Waals surface area contributed by atoms with E-state index in [1.54, 1.807) is 30.3 Å². The minimum atomic E-state index is -0.246. The van der Waals surface area contributed by atoms with E-state index >= 15 is 0 Å². The van der Waals surface area contributed by atoms with Gasteiger partial charge in [0.15, 0.2) is 11.6 Å². The van der Waals surface area contributed by atoms with Gasteiger partial charge >= 0.3 is 0 Å². The van der Waals surface area contributed by atoms with E-state index in [1.807, 2.05) is 49.3 Å². The molecule has 112 valence electrons. The molecule has 0 atom stereocenters. The molecule has 0 fully saturated rings. The highest BCUT2D eigenvalue weighted by molar-refractivity contribution is 6.28. The molecule has 0 saturated heterocycles. The average molecular weight is 293 g/mol. The van der Waals surface area contributed by atoms with E-state index in [0.717, 1.165) is 11.3 Å². The summed E-state index contributed by atoms with van der Waals surface area (Å²) in [6, 6.07) is 16.6. The number of carbonyl (C=O) groups is 2. The van der Waals surface area contributed by atoms with Crippen molar-refractivity contribution in [1.82, 2.24) is 0 Å². The summed E-state index contributed by atoms with van der Waals surface area (Å²) in [4.78, 5) is 26.3. The molecule has 0 unspecified atom stereocenters. The van der Waals surface area contributed by atoms with Crippen LogP contribution in [0.15, 0.2) is 60.2 Å². The zero-order valence-corrected chi connectivity index (χ0v) is 13.0. The number of rotatable bonds is 5. The van der Waals surface area contributed by atoms with Gasteiger partial charge in [0.05, 0.1) is 5.57 Å². The Hall–Kier alpha value is -2.68. The molecule has 0 aliphatic carbocycles. The molecule has 0 aliphatic rings. The van der Waals surface area contributed by atoms with Crippen LogP contribution in [-0.2, 0) is 4.79 Å². The monoisotopic (exact) mass is 293 g/mol. The first kappa shape index (κ1) is 15.7. The fraction of sp³-hybridized carbons (Fsp3) is 0.158. The molecule has 0 heterocycles. The molecule has 22 heavy (non-hydrogen) atoms. The lowest BCUT2D eigenvalue weighted by atomic mass is 9.98. The number of carbonyl (C=O) groups excluding carboxylic acids is 2. The van der Waals surface area contributed by atoms with Crippen molar-refractivity contribution in [2.75, 3.05) is 19.0 Å². The van der Waals surface area contributed by atoms with Gasteiger partial charge in [-0.3, -0.25) is 9.59 Å². The molecular weight excluding hydrogens is 274 g/mol. The molecule has 0 bridgehead atoms. The number of ketones is 2. The molecule has 0 saturated carbocycles. The smallest absolute Gasteiger partial charge is 0.196 e. The Morgan fingerprint density at radius 2 is 1.50 bits per heavy atom. The fourth-order valence-corrected chi connectivity index (χ4v) is 2.11. The van der Waals surface area contributed by atoms with E-state index in [0.29, 0.717) is 5.56 Å². The number of Topliss-reactive ketones (excluding diaryl/α,β-unsaturated/α-hetero) is 2. The molecule has 2 aromatic carbocycles. The van der Waals surface area contributed by atoms with E-state index in [1.165, 1.54) is 6.92 Å². The average Bonchev–Trinajstić information content (AvgIpc) is 2.53. The summed E-state index contributed by atoms with van der Waals surface area (Å²) in [5.74, 6) is -0.477. The first-order valence-electron chi connectivity index (χ1n) is 7.09. The van der Waals surface area contributed by atoms with Gasteiger partial charge in [0.2, 0.25) is 0 Å². The summed E-state index contributed by atoms with van der Waals surface area (Å²) in [5, 5.41) is 0. The van der Waals surface area contributed by atoms with Crippen molar-refractivity contribution >= 4 is 23.3 Å². The van der Waals surface area contributed by atoms with Gasteiger partial charge in [-0.1, -0.05) is 42.5 Å². The molecular formula is C19H19NO2. The van der Waals surface area contributed by atoms with Crippen LogP contribution in [0.3, 0.4) is 0 Å². The predicted octanol–water partition coefficient (Wildman–Crippen LogP) is 3.61. The van der Waals surface area contributed by atoms with Gasteiger partial charge in [0, 0.05) is 25.3 Å². The van der Waals surface area contributed by atoms with Gasteiger partial charge in [-0.25, -0.2) is 0 Å². The van der Waals surface area contributed by atoms with Crippen molar-refractivity contribution in [2.45, 2.75) is 6.92 Å². The first-order valence-corrected chi connectivity index (χ1v) is 7.09. The number of nitrogens with zero attached hydrogens (tertiary/aromatic N) is 1. The van der Waals surface area contributed by atoms with Crippen LogP contribution < -0.4 is 4.90 Å². The lowest BCUT2D eigenvalue weighted by Gasteiger charge is -2.12. The molecule has 0 amide bonds. The zero-order valence-electron chi connectivity index (χ0n) is 13.0. The molecule has 3 nitrogen and oxygen atoms in total. The van der Waals surface area contributed by atoms with Crippen molar-refractivity contribution < 1.29 is 9.59 Å². The van der Waals surface area contributed by atoms with Crippen LogP contribution in [0.25, 0.3) is 6.08 Å². The third-order valence-electron chi connectivity index (χ3n) is 3.38. The van der Waals surface area contributed by atoms with E-state index in [9.17, 15) is 9.59 Å². The van der Waals surface area contributed by atoms with Gasteiger partial charge in [-0.05, 0) is 30.7 Å². The minimum Gasteiger partial charge on any atom is -0.378 e. The first-order chi connectivity index (χ1) is 10.5.